The van der Waals surface area contributed by atoms with Crippen molar-refractivity contribution >= 4 is 18.2 Å². The van der Waals surface area contributed by atoms with Gasteiger partial charge in [-0.1, -0.05) is 36.4 Å². The summed E-state index contributed by atoms with van der Waals surface area (Å²) >= 11 is 0. The molecule has 0 saturated carbocycles. The van der Waals surface area contributed by atoms with E-state index in [1.54, 1.807) is 26.8 Å². The van der Waals surface area contributed by atoms with E-state index < -0.39 is 29.8 Å². The molecular weight excluding hydrogens is 376 g/mol. The molecule has 2 rings (SSSR count). The minimum absolute atomic E-state index is 0.0893. The molecule has 1 aliphatic heterocycles. The lowest BCUT2D eigenvalue weighted by Gasteiger charge is -2.31. The quantitative estimate of drug-likeness (QED) is 0.461. The highest BCUT2D eigenvalue weighted by molar-refractivity contribution is 5.84. The van der Waals surface area contributed by atoms with Crippen molar-refractivity contribution in [2.75, 3.05) is 20.2 Å². The maximum absolute atomic E-state index is 12.2. The van der Waals surface area contributed by atoms with Crippen LogP contribution in [-0.4, -0.2) is 54.9 Å². The number of amides is 2. The Hall–Kier alpha value is -3.03. The molecule has 1 aliphatic rings. The number of nitrogens with one attached hydrogen (secondary N) is 1. The number of ether oxygens (including phenoxy) is 3. The van der Waals surface area contributed by atoms with Gasteiger partial charge in [0.2, 0.25) is 0 Å². The molecule has 0 bridgehead atoms. The highest BCUT2D eigenvalue weighted by Gasteiger charge is 2.30. The Balaban J connectivity index is 1.96. The zero-order valence-electron chi connectivity index (χ0n) is 17.3. The largest absolute Gasteiger partial charge is 0.467 e. The Morgan fingerprint density at radius 2 is 1.86 bits per heavy atom. The van der Waals surface area contributed by atoms with Crippen LogP contribution in [0.1, 0.15) is 32.8 Å². The number of hydrogen-bond donors (Lipinski definition) is 1. The van der Waals surface area contributed by atoms with Gasteiger partial charge >= 0.3 is 18.2 Å². The maximum atomic E-state index is 12.2. The van der Waals surface area contributed by atoms with Crippen molar-refractivity contribution < 1.29 is 28.6 Å². The van der Waals surface area contributed by atoms with Crippen LogP contribution in [-0.2, 0) is 25.6 Å². The molecule has 158 valence electrons. The van der Waals surface area contributed by atoms with E-state index in [1.807, 2.05) is 30.3 Å². The molecule has 0 aliphatic carbocycles. The van der Waals surface area contributed by atoms with E-state index in [-0.39, 0.29) is 13.2 Å². The van der Waals surface area contributed by atoms with Crippen LogP contribution in [0, 0.1) is 0 Å². The highest BCUT2D eigenvalue weighted by atomic mass is 16.6. The fourth-order valence-electron chi connectivity index (χ4n) is 2.74. The number of carbonyl (C=O) groups excluding carboxylic acids is 3. The van der Waals surface area contributed by atoms with E-state index in [9.17, 15) is 14.4 Å². The Morgan fingerprint density at radius 3 is 2.41 bits per heavy atom. The van der Waals surface area contributed by atoms with E-state index in [2.05, 4.69) is 5.32 Å². The Bertz CT molecular complexity index is 754. The predicted octanol–water partition coefficient (Wildman–Crippen LogP) is 3.02. The number of hydrogen-bond acceptors (Lipinski definition) is 6. The van der Waals surface area contributed by atoms with Crippen molar-refractivity contribution in [1.82, 2.24) is 10.2 Å². The van der Waals surface area contributed by atoms with Crippen molar-refractivity contribution in [2.24, 2.45) is 0 Å². The van der Waals surface area contributed by atoms with Crippen molar-refractivity contribution in [1.29, 1.82) is 0 Å². The number of rotatable bonds is 5. The Kier molecular flexibility index (Phi) is 7.64. The average molecular weight is 404 g/mol. The van der Waals surface area contributed by atoms with Gasteiger partial charge in [0.25, 0.3) is 0 Å². The zero-order chi connectivity index (χ0) is 21.4. The van der Waals surface area contributed by atoms with Gasteiger partial charge in [-0.3, -0.25) is 0 Å². The van der Waals surface area contributed by atoms with Crippen molar-refractivity contribution in [3.05, 3.63) is 47.5 Å². The smallest absolute Gasteiger partial charge is 0.410 e. The summed E-state index contributed by atoms with van der Waals surface area (Å²) in [5.74, 6) is -0.598. The first-order chi connectivity index (χ1) is 13.7. The second kappa shape index (κ2) is 9.95. The molecule has 1 heterocycles. The summed E-state index contributed by atoms with van der Waals surface area (Å²) in [6.07, 6.45) is 0.988. The average Bonchev–Trinajstić information content (AvgIpc) is 2.69. The molecule has 1 aromatic carbocycles. The first kappa shape index (κ1) is 22.3. The second-order valence-electron chi connectivity index (χ2n) is 7.62. The van der Waals surface area contributed by atoms with Gasteiger partial charge in [-0.15, -0.1) is 0 Å². The van der Waals surface area contributed by atoms with Crippen LogP contribution in [0.4, 0.5) is 9.59 Å². The van der Waals surface area contributed by atoms with E-state index in [4.69, 9.17) is 14.2 Å². The summed E-state index contributed by atoms with van der Waals surface area (Å²) in [5.41, 5.74) is 0.912. The molecule has 0 fully saturated rings. The fraction of sp³-hybridized carbons (Fsp3) is 0.476. The third-order valence-corrected chi connectivity index (χ3v) is 4.18. The summed E-state index contributed by atoms with van der Waals surface area (Å²) in [6.45, 7) is 6.14. The summed E-state index contributed by atoms with van der Waals surface area (Å²) in [6, 6.07) is 8.25. The summed E-state index contributed by atoms with van der Waals surface area (Å²) < 4.78 is 15.4. The maximum Gasteiger partial charge on any atom is 0.410 e. The van der Waals surface area contributed by atoms with Gasteiger partial charge in [-0.05, 0) is 38.3 Å². The van der Waals surface area contributed by atoms with Crippen LogP contribution in [0.3, 0.4) is 0 Å². The molecule has 8 nitrogen and oxygen atoms in total. The molecule has 1 aromatic rings. The summed E-state index contributed by atoms with van der Waals surface area (Å²) in [7, 11) is 1.25. The van der Waals surface area contributed by atoms with E-state index in [0.29, 0.717) is 18.5 Å². The second-order valence-corrected chi connectivity index (χ2v) is 7.62. The van der Waals surface area contributed by atoms with Crippen LogP contribution in [0.2, 0.25) is 0 Å². The standard InChI is InChI=1S/C21H28N2O6/c1-21(2,3)29-20(26)23-12-10-16(11-13-23)17(18(24)27-4)22-19(25)28-14-15-8-6-5-7-9-15/h5-10,17H,11-14H2,1-4H3,(H,22,25). The molecule has 1 atom stereocenters. The van der Waals surface area contributed by atoms with Crippen molar-refractivity contribution in [3.63, 3.8) is 0 Å². The Labute approximate surface area is 170 Å². The van der Waals surface area contributed by atoms with E-state index >= 15 is 0 Å². The van der Waals surface area contributed by atoms with Gasteiger partial charge in [-0.2, -0.15) is 0 Å². The highest BCUT2D eigenvalue weighted by Crippen LogP contribution is 2.18. The van der Waals surface area contributed by atoms with Crippen LogP contribution in [0.5, 0.6) is 0 Å². The van der Waals surface area contributed by atoms with Gasteiger partial charge in [0.1, 0.15) is 12.2 Å². The molecule has 1 N–H and O–H groups in total. The van der Waals surface area contributed by atoms with Gasteiger partial charge in [0.05, 0.1) is 7.11 Å². The lowest BCUT2D eigenvalue weighted by atomic mass is 10.0. The lowest BCUT2D eigenvalue weighted by molar-refractivity contribution is -0.142. The minimum Gasteiger partial charge on any atom is -0.467 e. The lowest BCUT2D eigenvalue weighted by Crippen LogP contribution is -2.46. The molecule has 0 spiro atoms. The minimum atomic E-state index is -0.968. The van der Waals surface area contributed by atoms with Gasteiger partial charge in [0, 0.05) is 13.1 Å². The van der Waals surface area contributed by atoms with E-state index in [0.717, 1.165) is 5.56 Å². The number of benzene rings is 1. The van der Waals surface area contributed by atoms with Crippen LogP contribution < -0.4 is 5.32 Å². The SMILES string of the molecule is COC(=O)C(NC(=O)OCc1ccccc1)C1=CCN(C(=O)OC(C)(C)C)CC1. The number of methoxy groups -OCH3 is 1. The molecular formula is C21H28N2O6. The zero-order valence-corrected chi connectivity index (χ0v) is 17.3. The van der Waals surface area contributed by atoms with Gasteiger partial charge in [0.15, 0.2) is 6.04 Å². The molecule has 0 radical (unpaired) electrons. The number of alkyl carbamates (subject to hydrolysis) is 1. The first-order valence-electron chi connectivity index (χ1n) is 9.41. The molecule has 29 heavy (non-hydrogen) atoms. The molecule has 8 heteroatoms. The van der Waals surface area contributed by atoms with Crippen molar-refractivity contribution in [3.8, 4) is 0 Å². The third-order valence-electron chi connectivity index (χ3n) is 4.18. The summed E-state index contributed by atoms with van der Waals surface area (Å²) in [4.78, 5) is 38.1. The Morgan fingerprint density at radius 1 is 1.17 bits per heavy atom. The van der Waals surface area contributed by atoms with Crippen LogP contribution in [0.15, 0.2) is 42.0 Å². The normalized spacial score (nSPS) is 15.0. The van der Waals surface area contributed by atoms with E-state index in [1.165, 1.54) is 12.0 Å². The molecule has 1 unspecified atom stereocenters. The molecule has 0 saturated heterocycles. The molecule has 0 aromatic heterocycles. The predicted molar refractivity (Wildman–Crippen MR) is 106 cm³/mol. The van der Waals surface area contributed by atoms with Gasteiger partial charge in [-0.25, -0.2) is 14.4 Å². The number of carbonyl (C=O) groups is 3. The first-order valence-corrected chi connectivity index (χ1v) is 9.41. The number of esters is 1. The summed E-state index contributed by atoms with van der Waals surface area (Å²) in [5, 5.41) is 2.55. The van der Waals surface area contributed by atoms with Gasteiger partial charge < -0.3 is 24.4 Å². The molecule has 2 amide bonds. The monoisotopic (exact) mass is 404 g/mol. The number of nitrogens with zero attached hydrogens (tertiary/aromatic N) is 1. The van der Waals surface area contributed by atoms with Crippen LogP contribution in [0.25, 0.3) is 0 Å². The van der Waals surface area contributed by atoms with Crippen LogP contribution >= 0.6 is 0 Å². The topological polar surface area (TPSA) is 94.2 Å². The van der Waals surface area contributed by atoms with Crippen molar-refractivity contribution in [2.45, 2.75) is 45.4 Å². The third kappa shape index (κ3) is 7.14. The fourth-order valence-corrected chi connectivity index (χ4v) is 2.74.